The molecule has 2 atom stereocenters. The lowest BCUT2D eigenvalue weighted by atomic mass is 10.1. The first-order valence-electron chi connectivity index (χ1n) is 7.67. The van der Waals surface area contributed by atoms with Crippen molar-refractivity contribution in [2.75, 3.05) is 13.2 Å². The predicted molar refractivity (Wildman–Crippen MR) is 83.5 cm³/mol. The molecule has 0 radical (unpaired) electrons. The van der Waals surface area contributed by atoms with Gasteiger partial charge in [0.1, 0.15) is 17.6 Å². The van der Waals surface area contributed by atoms with Gasteiger partial charge in [0.05, 0.1) is 24.8 Å². The molecule has 2 aromatic heterocycles. The zero-order valence-corrected chi connectivity index (χ0v) is 13.2. The first-order chi connectivity index (χ1) is 11.1. The van der Waals surface area contributed by atoms with Crippen LogP contribution in [0.1, 0.15) is 28.3 Å². The third-order valence-corrected chi connectivity index (χ3v) is 3.80. The number of hydrogen-bond acceptors (Lipinski definition) is 5. The standard InChI is InChI=1S/C17H20N2O4/c1-11-9-13(12(2)22-11)17(20)19-14-10-21-8-6-15(14)23-16-5-3-4-7-18-16/h3-5,7,9,14-15H,6,8,10H2,1-2H3,(H,19,20). The average molecular weight is 316 g/mol. The fourth-order valence-corrected chi connectivity index (χ4v) is 2.67. The molecular weight excluding hydrogens is 296 g/mol. The van der Waals surface area contributed by atoms with E-state index >= 15 is 0 Å². The summed E-state index contributed by atoms with van der Waals surface area (Å²) in [7, 11) is 0. The summed E-state index contributed by atoms with van der Waals surface area (Å²) in [6.45, 7) is 4.62. The van der Waals surface area contributed by atoms with Gasteiger partial charge in [0.25, 0.3) is 5.91 Å². The SMILES string of the molecule is Cc1cc(C(=O)NC2COCCC2Oc2ccccn2)c(C)o1. The molecule has 6 heteroatoms. The summed E-state index contributed by atoms with van der Waals surface area (Å²) in [5.74, 6) is 1.70. The summed E-state index contributed by atoms with van der Waals surface area (Å²) in [4.78, 5) is 16.6. The Morgan fingerprint density at radius 2 is 2.26 bits per heavy atom. The molecule has 23 heavy (non-hydrogen) atoms. The Bertz CT molecular complexity index is 668. The van der Waals surface area contributed by atoms with Crippen molar-refractivity contribution < 1.29 is 18.7 Å². The maximum absolute atomic E-state index is 12.4. The van der Waals surface area contributed by atoms with Crippen LogP contribution < -0.4 is 10.1 Å². The highest BCUT2D eigenvalue weighted by atomic mass is 16.5. The number of hydrogen-bond donors (Lipinski definition) is 1. The Morgan fingerprint density at radius 1 is 1.39 bits per heavy atom. The molecule has 0 aliphatic carbocycles. The second kappa shape index (κ2) is 6.83. The van der Waals surface area contributed by atoms with Crippen LogP contribution in [0.2, 0.25) is 0 Å². The van der Waals surface area contributed by atoms with Gasteiger partial charge in [-0.25, -0.2) is 4.98 Å². The van der Waals surface area contributed by atoms with Crippen molar-refractivity contribution >= 4 is 5.91 Å². The second-order valence-electron chi connectivity index (χ2n) is 5.59. The van der Waals surface area contributed by atoms with Crippen molar-refractivity contribution in [3.8, 4) is 5.88 Å². The van der Waals surface area contributed by atoms with E-state index in [1.807, 2.05) is 19.1 Å². The maximum atomic E-state index is 12.4. The molecule has 3 rings (SSSR count). The van der Waals surface area contributed by atoms with Gasteiger partial charge in [-0.3, -0.25) is 4.79 Å². The first-order valence-corrected chi connectivity index (χ1v) is 7.67. The van der Waals surface area contributed by atoms with E-state index in [1.165, 1.54) is 0 Å². The third-order valence-electron chi connectivity index (χ3n) is 3.80. The van der Waals surface area contributed by atoms with Crippen LogP contribution in [0.15, 0.2) is 34.9 Å². The number of carbonyl (C=O) groups is 1. The Hall–Kier alpha value is -2.34. The fourth-order valence-electron chi connectivity index (χ4n) is 2.67. The lowest BCUT2D eigenvalue weighted by Crippen LogP contribution is -2.51. The minimum absolute atomic E-state index is 0.170. The molecule has 122 valence electrons. The van der Waals surface area contributed by atoms with Gasteiger partial charge in [0.2, 0.25) is 5.88 Å². The molecule has 1 N–H and O–H groups in total. The summed E-state index contributed by atoms with van der Waals surface area (Å²) in [5.41, 5.74) is 0.546. The van der Waals surface area contributed by atoms with Gasteiger partial charge in [0, 0.05) is 18.7 Å². The van der Waals surface area contributed by atoms with E-state index < -0.39 is 0 Å². The zero-order chi connectivity index (χ0) is 16.2. The summed E-state index contributed by atoms with van der Waals surface area (Å²) in [5, 5.41) is 2.98. The summed E-state index contributed by atoms with van der Waals surface area (Å²) in [6, 6.07) is 7.02. The number of pyridine rings is 1. The minimum atomic E-state index is -0.229. The molecule has 1 fully saturated rings. The van der Waals surface area contributed by atoms with Crippen molar-refractivity contribution in [1.82, 2.24) is 10.3 Å². The normalized spacial score (nSPS) is 21.0. The van der Waals surface area contributed by atoms with E-state index in [1.54, 1.807) is 25.3 Å². The molecule has 6 nitrogen and oxygen atoms in total. The predicted octanol–water partition coefficient (Wildman–Crippen LogP) is 2.26. The number of nitrogens with zero attached hydrogens (tertiary/aromatic N) is 1. The summed E-state index contributed by atoms with van der Waals surface area (Å²) < 4.78 is 16.8. The van der Waals surface area contributed by atoms with Gasteiger partial charge in [-0.05, 0) is 26.0 Å². The van der Waals surface area contributed by atoms with E-state index in [0.717, 1.165) is 0 Å². The van der Waals surface area contributed by atoms with Gasteiger partial charge >= 0.3 is 0 Å². The van der Waals surface area contributed by atoms with Crippen molar-refractivity contribution in [3.63, 3.8) is 0 Å². The molecule has 0 aromatic carbocycles. The molecule has 3 heterocycles. The molecule has 1 amide bonds. The zero-order valence-electron chi connectivity index (χ0n) is 13.2. The van der Waals surface area contributed by atoms with Gasteiger partial charge < -0.3 is 19.2 Å². The Morgan fingerprint density at radius 3 is 2.96 bits per heavy atom. The highest BCUT2D eigenvalue weighted by molar-refractivity contribution is 5.95. The molecule has 2 aromatic rings. The Labute approximate surface area is 134 Å². The van der Waals surface area contributed by atoms with E-state index in [2.05, 4.69) is 10.3 Å². The number of ether oxygens (including phenoxy) is 2. The number of rotatable bonds is 4. The van der Waals surface area contributed by atoms with Crippen LogP contribution in [0.4, 0.5) is 0 Å². The molecule has 0 saturated carbocycles. The van der Waals surface area contributed by atoms with Gasteiger partial charge in [0.15, 0.2) is 0 Å². The van der Waals surface area contributed by atoms with E-state index in [-0.39, 0.29) is 18.1 Å². The van der Waals surface area contributed by atoms with Crippen LogP contribution in [0.25, 0.3) is 0 Å². The maximum Gasteiger partial charge on any atom is 0.255 e. The van der Waals surface area contributed by atoms with E-state index in [4.69, 9.17) is 13.9 Å². The van der Waals surface area contributed by atoms with Gasteiger partial charge in [-0.1, -0.05) is 6.07 Å². The van der Waals surface area contributed by atoms with Crippen LogP contribution in [0.5, 0.6) is 5.88 Å². The van der Waals surface area contributed by atoms with Crippen LogP contribution >= 0.6 is 0 Å². The number of aryl methyl sites for hydroxylation is 2. The molecule has 2 unspecified atom stereocenters. The average Bonchev–Trinajstić information content (AvgIpc) is 2.89. The quantitative estimate of drug-likeness (QED) is 0.936. The Balaban J connectivity index is 1.69. The first kappa shape index (κ1) is 15.6. The lowest BCUT2D eigenvalue weighted by Gasteiger charge is -2.32. The smallest absolute Gasteiger partial charge is 0.255 e. The highest BCUT2D eigenvalue weighted by Crippen LogP contribution is 2.18. The molecule has 0 bridgehead atoms. The van der Waals surface area contributed by atoms with Crippen molar-refractivity contribution in [1.29, 1.82) is 0 Å². The van der Waals surface area contributed by atoms with Crippen molar-refractivity contribution in [2.24, 2.45) is 0 Å². The van der Waals surface area contributed by atoms with Crippen LogP contribution in [-0.4, -0.2) is 36.3 Å². The summed E-state index contributed by atoms with van der Waals surface area (Å²) in [6.07, 6.45) is 2.21. The van der Waals surface area contributed by atoms with E-state index in [0.29, 0.717) is 42.6 Å². The van der Waals surface area contributed by atoms with E-state index in [9.17, 15) is 4.79 Å². The van der Waals surface area contributed by atoms with Crippen LogP contribution in [0.3, 0.4) is 0 Å². The minimum Gasteiger partial charge on any atom is -0.472 e. The number of carbonyl (C=O) groups excluding carboxylic acids is 1. The fraction of sp³-hybridized carbons (Fsp3) is 0.412. The molecule has 1 aliphatic rings. The number of nitrogens with one attached hydrogen (secondary N) is 1. The number of amides is 1. The topological polar surface area (TPSA) is 73.6 Å². The highest BCUT2D eigenvalue weighted by Gasteiger charge is 2.30. The number of aromatic nitrogens is 1. The van der Waals surface area contributed by atoms with Crippen molar-refractivity contribution in [2.45, 2.75) is 32.4 Å². The van der Waals surface area contributed by atoms with Crippen molar-refractivity contribution in [3.05, 3.63) is 47.5 Å². The van der Waals surface area contributed by atoms with Crippen LogP contribution in [-0.2, 0) is 4.74 Å². The molecule has 1 aliphatic heterocycles. The molecule has 0 spiro atoms. The number of furan rings is 1. The second-order valence-corrected chi connectivity index (χ2v) is 5.59. The third kappa shape index (κ3) is 3.71. The summed E-state index contributed by atoms with van der Waals surface area (Å²) >= 11 is 0. The van der Waals surface area contributed by atoms with Gasteiger partial charge in [-0.2, -0.15) is 0 Å². The Kier molecular flexibility index (Phi) is 4.62. The largest absolute Gasteiger partial charge is 0.472 e. The van der Waals surface area contributed by atoms with Gasteiger partial charge in [-0.15, -0.1) is 0 Å². The molecular formula is C17H20N2O4. The van der Waals surface area contributed by atoms with Crippen LogP contribution in [0, 0.1) is 13.8 Å². The molecule has 1 saturated heterocycles. The monoisotopic (exact) mass is 316 g/mol. The lowest BCUT2D eigenvalue weighted by molar-refractivity contribution is -0.00450.